The van der Waals surface area contributed by atoms with Crippen LogP contribution in [0.25, 0.3) is 26.6 Å². The largest absolute Gasteiger partial charge is 0.462 e. The summed E-state index contributed by atoms with van der Waals surface area (Å²) in [5.41, 5.74) is 2.44. The van der Waals surface area contributed by atoms with Crippen molar-refractivity contribution in [3.63, 3.8) is 0 Å². The molecule has 2 aromatic heterocycles. The van der Waals surface area contributed by atoms with Gasteiger partial charge in [-0.3, -0.25) is 0 Å². The van der Waals surface area contributed by atoms with Crippen LogP contribution < -0.4 is 5.32 Å². The lowest BCUT2D eigenvalue weighted by molar-refractivity contribution is 0.0492. The van der Waals surface area contributed by atoms with Crippen molar-refractivity contribution in [1.29, 1.82) is 0 Å². The van der Waals surface area contributed by atoms with E-state index in [1.54, 1.807) is 17.5 Å². The number of alkyl carbamates (subject to hydrolysis) is 1. The number of thiazole rings is 1. The molecule has 1 amide bonds. The van der Waals surface area contributed by atoms with E-state index < -0.39 is 11.7 Å². The lowest BCUT2D eigenvalue weighted by atomic mass is 10.0. The second-order valence-corrected chi connectivity index (χ2v) is 10.4. The highest BCUT2D eigenvalue weighted by atomic mass is 32.1. The molecule has 0 radical (unpaired) electrons. The first-order valence-corrected chi connectivity index (χ1v) is 12.1. The molecule has 4 aromatic rings. The van der Waals surface area contributed by atoms with E-state index in [9.17, 15) is 9.59 Å². The molecule has 0 bridgehead atoms. The zero-order valence-electron chi connectivity index (χ0n) is 19.5. The second-order valence-electron chi connectivity index (χ2n) is 9.42. The molecule has 8 nitrogen and oxygen atoms in total. The summed E-state index contributed by atoms with van der Waals surface area (Å²) in [6.45, 7) is 7.69. The van der Waals surface area contributed by atoms with Gasteiger partial charge in [0.1, 0.15) is 5.60 Å². The number of nitrogens with one attached hydrogen (secondary N) is 1. The highest BCUT2D eigenvalue weighted by Crippen LogP contribution is 2.46. The number of nitrogens with zero attached hydrogens (tertiary/aromatic N) is 3. The molecule has 1 N–H and O–H groups in total. The summed E-state index contributed by atoms with van der Waals surface area (Å²) in [6.07, 6.45) is 1.36. The minimum absolute atomic E-state index is 0.334. The van der Waals surface area contributed by atoms with Gasteiger partial charge >= 0.3 is 12.1 Å². The third-order valence-electron chi connectivity index (χ3n) is 5.66. The molecule has 1 fully saturated rings. The van der Waals surface area contributed by atoms with Crippen molar-refractivity contribution >= 4 is 38.6 Å². The average Bonchev–Trinajstić information content (AvgIpc) is 3.30. The van der Waals surface area contributed by atoms with Crippen LogP contribution in [0.2, 0.25) is 0 Å². The highest BCUT2D eigenvalue weighted by molar-refractivity contribution is 7.23. The van der Waals surface area contributed by atoms with E-state index in [4.69, 9.17) is 14.5 Å². The lowest BCUT2D eigenvalue weighted by Crippen LogP contribution is -2.39. The standard InChI is InChI=1S/C25H26N4O4S/c1-5-32-21(30)16-8-11-18-19(14-16)34-22-26-20(28-29(18)22)15-6-9-17(10-7-15)25(12-13-25)27-23(31)33-24(2,3)4/h6-11,14H,5,12-13H2,1-4H3,(H,27,31). The number of aromatic nitrogens is 3. The van der Waals surface area contributed by atoms with Gasteiger partial charge in [-0.2, -0.15) is 4.98 Å². The van der Waals surface area contributed by atoms with Crippen molar-refractivity contribution in [1.82, 2.24) is 19.9 Å². The zero-order valence-corrected chi connectivity index (χ0v) is 20.4. The summed E-state index contributed by atoms with van der Waals surface area (Å²) in [5, 5.41) is 7.72. The average molecular weight is 479 g/mol. The fraction of sp³-hybridized carbons (Fsp3) is 0.360. The summed E-state index contributed by atoms with van der Waals surface area (Å²) >= 11 is 1.48. The number of hydrogen-bond donors (Lipinski definition) is 1. The van der Waals surface area contributed by atoms with Crippen LogP contribution >= 0.6 is 11.3 Å². The first kappa shape index (κ1) is 22.3. The Kier molecular flexibility index (Phi) is 5.31. The topological polar surface area (TPSA) is 94.8 Å². The minimum Gasteiger partial charge on any atom is -0.462 e. The number of fused-ring (bicyclic) bond motifs is 3. The number of rotatable bonds is 5. The van der Waals surface area contributed by atoms with E-state index in [1.807, 2.05) is 57.2 Å². The zero-order chi connectivity index (χ0) is 24.1. The molecule has 5 rings (SSSR count). The third-order valence-corrected chi connectivity index (χ3v) is 6.66. The summed E-state index contributed by atoms with van der Waals surface area (Å²) < 4.78 is 13.2. The van der Waals surface area contributed by atoms with E-state index in [0.29, 0.717) is 18.0 Å². The Labute approximate surface area is 200 Å². The van der Waals surface area contributed by atoms with Crippen LogP contribution in [0.4, 0.5) is 4.79 Å². The normalized spacial score (nSPS) is 14.8. The molecule has 0 atom stereocenters. The lowest BCUT2D eigenvalue weighted by Gasteiger charge is -2.23. The van der Waals surface area contributed by atoms with E-state index in [0.717, 1.165) is 39.1 Å². The van der Waals surface area contributed by atoms with Gasteiger partial charge in [0.25, 0.3) is 0 Å². The summed E-state index contributed by atoms with van der Waals surface area (Å²) in [7, 11) is 0. The van der Waals surface area contributed by atoms with Crippen molar-refractivity contribution in [3.05, 3.63) is 53.6 Å². The highest BCUT2D eigenvalue weighted by Gasteiger charge is 2.46. The van der Waals surface area contributed by atoms with Gasteiger partial charge in [-0.15, -0.1) is 5.10 Å². The molecule has 2 heterocycles. The van der Waals surface area contributed by atoms with Gasteiger partial charge in [0, 0.05) is 5.56 Å². The molecule has 9 heteroatoms. The fourth-order valence-corrected chi connectivity index (χ4v) is 4.90. The third kappa shape index (κ3) is 4.23. The molecule has 0 unspecified atom stereocenters. The SMILES string of the molecule is CCOC(=O)c1ccc2c(c1)sc1nc(-c3ccc(C4(NC(=O)OC(C)(C)C)CC4)cc3)nn12. The predicted octanol–water partition coefficient (Wildman–Crippen LogP) is 5.30. The van der Waals surface area contributed by atoms with Gasteiger partial charge in [-0.1, -0.05) is 35.6 Å². The first-order chi connectivity index (χ1) is 16.2. The Hall–Kier alpha value is -3.46. The summed E-state index contributed by atoms with van der Waals surface area (Å²) in [5.74, 6) is 0.290. The number of hydrogen-bond acceptors (Lipinski definition) is 7. The van der Waals surface area contributed by atoms with Gasteiger partial charge in [-0.25, -0.2) is 14.1 Å². The molecule has 0 aliphatic heterocycles. The predicted molar refractivity (Wildman–Crippen MR) is 130 cm³/mol. The maximum atomic E-state index is 12.3. The molecule has 176 valence electrons. The van der Waals surface area contributed by atoms with Crippen LogP contribution in [0.1, 0.15) is 56.5 Å². The first-order valence-electron chi connectivity index (χ1n) is 11.3. The molecule has 34 heavy (non-hydrogen) atoms. The second kappa shape index (κ2) is 8.09. The van der Waals surface area contributed by atoms with Crippen LogP contribution in [0, 0.1) is 0 Å². The molecule has 1 aliphatic rings. The molecule has 1 aliphatic carbocycles. The molecule has 0 saturated heterocycles. The van der Waals surface area contributed by atoms with Crippen LogP contribution in [-0.2, 0) is 15.0 Å². The van der Waals surface area contributed by atoms with Gasteiger partial charge in [0.2, 0.25) is 4.96 Å². The summed E-state index contributed by atoms with van der Waals surface area (Å²) in [4.78, 5) is 29.7. The minimum atomic E-state index is -0.534. The maximum absolute atomic E-state index is 12.3. The molecular weight excluding hydrogens is 452 g/mol. The maximum Gasteiger partial charge on any atom is 0.408 e. The quantitative estimate of drug-likeness (QED) is 0.391. The Morgan fingerprint density at radius 1 is 1.15 bits per heavy atom. The van der Waals surface area contributed by atoms with E-state index in [2.05, 4.69) is 10.4 Å². The van der Waals surface area contributed by atoms with Crippen LogP contribution in [0.3, 0.4) is 0 Å². The molecule has 0 spiro atoms. The van der Waals surface area contributed by atoms with E-state index >= 15 is 0 Å². The fourth-order valence-electron chi connectivity index (χ4n) is 3.90. The smallest absolute Gasteiger partial charge is 0.408 e. The van der Waals surface area contributed by atoms with Crippen molar-refractivity contribution in [2.45, 2.75) is 51.7 Å². The van der Waals surface area contributed by atoms with Gasteiger partial charge in [0.05, 0.1) is 27.9 Å². The summed E-state index contributed by atoms with van der Waals surface area (Å²) in [6, 6.07) is 13.4. The van der Waals surface area contributed by atoms with Crippen molar-refractivity contribution in [2.75, 3.05) is 6.61 Å². The number of ether oxygens (including phenoxy) is 2. The molecule has 1 saturated carbocycles. The number of carbonyl (C=O) groups is 2. The van der Waals surface area contributed by atoms with E-state index in [-0.39, 0.29) is 11.5 Å². The van der Waals surface area contributed by atoms with Gasteiger partial charge < -0.3 is 14.8 Å². The van der Waals surface area contributed by atoms with E-state index in [1.165, 1.54) is 11.3 Å². The molecular formula is C25H26N4O4S. The van der Waals surface area contributed by atoms with Crippen molar-refractivity contribution < 1.29 is 19.1 Å². The Bertz CT molecular complexity index is 1390. The van der Waals surface area contributed by atoms with Crippen molar-refractivity contribution in [2.24, 2.45) is 0 Å². The number of carbonyl (C=O) groups excluding carboxylic acids is 2. The Morgan fingerprint density at radius 2 is 1.88 bits per heavy atom. The number of benzene rings is 2. The number of esters is 1. The van der Waals surface area contributed by atoms with Crippen LogP contribution in [0.5, 0.6) is 0 Å². The Morgan fingerprint density at radius 3 is 2.53 bits per heavy atom. The molecule has 2 aromatic carbocycles. The Balaban J connectivity index is 1.37. The number of amides is 1. The van der Waals surface area contributed by atoms with Gasteiger partial charge in [0.15, 0.2) is 5.82 Å². The van der Waals surface area contributed by atoms with Gasteiger partial charge in [-0.05, 0) is 64.3 Å². The van der Waals surface area contributed by atoms with Crippen molar-refractivity contribution in [3.8, 4) is 11.4 Å². The van der Waals surface area contributed by atoms with Crippen LogP contribution in [-0.4, -0.2) is 38.9 Å². The van der Waals surface area contributed by atoms with Crippen LogP contribution in [0.15, 0.2) is 42.5 Å². The monoisotopic (exact) mass is 478 g/mol.